The molecule has 7 nitrogen and oxygen atoms in total. The number of hydrogen-bond donors (Lipinski definition) is 2. The number of piperidine rings is 1. The maximum Gasteiger partial charge on any atom is 0.339 e. The molecule has 0 unspecified atom stereocenters. The number of carbonyl (C=O) groups excluding carboxylic acids is 2. The molecule has 3 rings (SSSR count). The van der Waals surface area contributed by atoms with Crippen molar-refractivity contribution in [2.45, 2.75) is 39.2 Å². The number of ether oxygens (including phenoxy) is 1. The van der Waals surface area contributed by atoms with Gasteiger partial charge in [-0.1, -0.05) is 6.42 Å². The van der Waals surface area contributed by atoms with Crippen LogP contribution < -0.4 is 5.32 Å². The van der Waals surface area contributed by atoms with Crippen molar-refractivity contribution in [3.8, 4) is 0 Å². The molecule has 7 heteroatoms. The van der Waals surface area contributed by atoms with Crippen molar-refractivity contribution in [3.05, 3.63) is 46.7 Å². The Kier molecular flexibility index (Phi) is 6.01. The second kappa shape index (κ2) is 8.43. The number of nitrogens with zero attached hydrogens (tertiary/aromatic N) is 1. The zero-order valence-electron chi connectivity index (χ0n) is 16.1. The van der Waals surface area contributed by atoms with Gasteiger partial charge in [0.2, 0.25) is 0 Å². The van der Waals surface area contributed by atoms with Gasteiger partial charge in [-0.3, -0.25) is 9.69 Å². The molecule has 0 spiro atoms. The number of aryl methyl sites for hydroxylation is 1. The summed E-state index contributed by atoms with van der Waals surface area (Å²) in [5.41, 5.74) is 2.04. The molecule has 0 aromatic carbocycles. The number of nitrogens with one attached hydrogen (secondary N) is 2. The van der Waals surface area contributed by atoms with Crippen molar-refractivity contribution in [3.63, 3.8) is 0 Å². The molecule has 2 aromatic heterocycles. The lowest BCUT2D eigenvalue weighted by molar-refractivity contribution is 0.0599. The average Bonchev–Trinajstić information content (AvgIpc) is 3.30. The molecule has 1 atom stereocenters. The van der Waals surface area contributed by atoms with Crippen molar-refractivity contribution >= 4 is 11.9 Å². The lowest BCUT2D eigenvalue weighted by Crippen LogP contribution is -2.40. The molecule has 2 N–H and O–H groups in total. The third kappa shape index (κ3) is 4.08. The van der Waals surface area contributed by atoms with Gasteiger partial charge < -0.3 is 19.5 Å². The molecule has 1 saturated heterocycles. The summed E-state index contributed by atoms with van der Waals surface area (Å²) in [5.74, 6) is 0.174. The topological polar surface area (TPSA) is 87.6 Å². The molecule has 0 bridgehead atoms. The van der Waals surface area contributed by atoms with E-state index in [-0.39, 0.29) is 11.9 Å². The summed E-state index contributed by atoms with van der Waals surface area (Å²) in [6.07, 6.45) is 5.21. The van der Waals surface area contributed by atoms with E-state index in [1.807, 2.05) is 12.1 Å². The minimum absolute atomic E-state index is 0.000641. The summed E-state index contributed by atoms with van der Waals surface area (Å²) in [7, 11) is 1.33. The molecule has 27 heavy (non-hydrogen) atoms. The van der Waals surface area contributed by atoms with E-state index in [1.165, 1.54) is 13.5 Å². The number of carbonyl (C=O) groups is 2. The largest absolute Gasteiger partial charge is 0.468 e. The SMILES string of the molecule is COC(=O)c1c(C)[nH]c(C(=O)NC[C@@H](c2ccco2)N2CCCCC2)c1C. The van der Waals surface area contributed by atoms with Crippen LogP contribution in [-0.4, -0.2) is 48.5 Å². The van der Waals surface area contributed by atoms with Crippen LogP contribution >= 0.6 is 0 Å². The second-order valence-corrected chi connectivity index (χ2v) is 6.95. The predicted molar refractivity (Wildman–Crippen MR) is 101 cm³/mol. The van der Waals surface area contributed by atoms with Crippen LogP contribution in [0, 0.1) is 13.8 Å². The molecule has 1 aliphatic heterocycles. The van der Waals surface area contributed by atoms with E-state index in [4.69, 9.17) is 9.15 Å². The Bertz CT molecular complexity index is 789. The maximum absolute atomic E-state index is 12.8. The van der Waals surface area contributed by atoms with Crippen LogP contribution in [0.15, 0.2) is 22.8 Å². The Morgan fingerprint density at radius 1 is 1.30 bits per heavy atom. The molecule has 2 aromatic rings. The van der Waals surface area contributed by atoms with Crippen LogP contribution in [0.4, 0.5) is 0 Å². The molecule has 146 valence electrons. The summed E-state index contributed by atoms with van der Waals surface area (Å²) in [6, 6.07) is 3.82. The highest BCUT2D eigenvalue weighted by Crippen LogP contribution is 2.25. The number of methoxy groups -OCH3 is 1. The van der Waals surface area contributed by atoms with Crippen molar-refractivity contribution < 1.29 is 18.7 Å². The minimum atomic E-state index is -0.443. The summed E-state index contributed by atoms with van der Waals surface area (Å²) in [4.78, 5) is 30.1. The van der Waals surface area contributed by atoms with Crippen LogP contribution in [-0.2, 0) is 4.74 Å². The fourth-order valence-corrected chi connectivity index (χ4v) is 3.78. The van der Waals surface area contributed by atoms with E-state index in [2.05, 4.69) is 15.2 Å². The normalized spacial score (nSPS) is 16.1. The van der Waals surface area contributed by atoms with Crippen molar-refractivity contribution in [2.24, 2.45) is 0 Å². The lowest BCUT2D eigenvalue weighted by Gasteiger charge is -2.33. The van der Waals surface area contributed by atoms with Crippen LogP contribution in [0.3, 0.4) is 0 Å². The minimum Gasteiger partial charge on any atom is -0.468 e. The number of hydrogen-bond acceptors (Lipinski definition) is 5. The highest BCUT2D eigenvalue weighted by molar-refractivity contribution is 6.00. The van der Waals surface area contributed by atoms with Gasteiger partial charge in [0.15, 0.2) is 0 Å². The number of furan rings is 1. The number of aromatic nitrogens is 1. The highest BCUT2D eigenvalue weighted by atomic mass is 16.5. The first-order valence-electron chi connectivity index (χ1n) is 9.36. The van der Waals surface area contributed by atoms with Crippen LogP contribution in [0.25, 0.3) is 0 Å². The quantitative estimate of drug-likeness (QED) is 0.760. The average molecular weight is 373 g/mol. The van der Waals surface area contributed by atoms with Crippen molar-refractivity contribution in [1.29, 1.82) is 0 Å². The monoisotopic (exact) mass is 373 g/mol. The molecule has 0 radical (unpaired) electrons. The fraction of sp³-hybridized carbons (Fsp3) is 0.500. The smallest absolute Gasteiger partial charge is 0.339 e. The number of H-pyrrole nitrogens is 1. The zero-order valence-corrected chi connectivity index (χ0v) is 16.1. The molecule has 3 heterocycles. The summed E-state index contributed by atoms with van der Waals surface area (Å²) in [6.45, 7) is 5.94. The number of esters is 1. The van der Waals surface area contributed by atoms with Gasteiger partial charge in [-0.2, -0.15) is 0 Å². The van der Waals surface area contributed by atoms with E-state index < -0.39 is 5.97 Å². The van der Waals surface area contributed by atoms with Gasteiger partial charge in [0.05, 0.1) is 25.0 Å². The van der Waals surface area contributed by atoms with Crippen molar-refractivity contribution in [1.82, 2.24) is 15.2 Å². The van der Waals surface area contributed by atoms with Crippen LogP contribution in [0.1, 0.15) is 63.2 Å². The molecule has 1 aliphatic rings. The number of rotatable bonds is 6. The van der Waals surface area contributed by atoms with Gasteiger partial charge >= 0.3 is 5.97 Å². The second-order valence-electron chi connectivity index (χ2n) is 6.95. The third-order valence-electron chi connectivity index (χ3n) is 5.21. The Hall–Kier alpha value is -2.54. The van der Waals surface area contributed by atoms with Gasteiger partial charge in [0, 0.05) is 12.2 Å². The van der Waals surface area contributed by atoms with Gasteiger partial charge in [0.1, 0.15) is 11.5 Å². The summed E-state index contributed by atoms with van der Waals surface area (Å²) in [5, 5.41) is 3.00. The van der Waals surface area contributed by atoms with E-state index in [0.29, 0.717) is 29.1 Å². The summed E-state index contributed by atoms with van der Waals surface area (Å²) < 4.78 is 10.4. The third-order valence-corrected chi connectivity index (χ3v) is 5.21. The van der Waals surface area contributed by atoms with Gasteiger partial charge in [-0.15, -0.1) is 0 Å². The van der Waals surface area contributed by atoms with Gasteiger partial charge in [0.25, 0.3) is 5.91 Å². The summed E-state index contributed by atoms with van der Waals surface area (Å²) >= 11 is 0. The van der Waals surface area contributed by atoms with Crippen LogP contribution in [0.5, 0.6) is 0 Å². The Morgan fingerprint density at radius 2 is 2.04 bits per heavy atom. The Morgan fingerprint density at radius 3 is 2.67 bits per heavy atom. The number of amides is 1. The van der Waals surface area contributed by atoms with E-state index in [1.54, 1.807) is 20.1 Å². The number of aromatic amines is 1. The van der Waals surface area contributed by atoms with E-state index in [9.17, 15) is 9.59 Å². The zero-order chi connectivity index (χ0) is 19.4. The molecule has 0 aliphatic carbocycles. The Labute approximate surface area is 159 Å². The molecule has 1 amide bonds. The highest BCUT2D eigenvalue weighted by Gasteiger charge is 2.27. The first kappa shape index (κ1) is 19.2. The standard InChI is InChI=1S/C20H27N3O4/c1-13-17(20(25)26-3)14(2)22-18(13)19(24)21-12-15(16-8-7-11-27-16)23-9-5-4-6-10-23/h7-8,11,15,22H,4-6,9-10,12H2,1-3H3,(H,21,24)/t15-/m0/s1. The maximum atomic E-state index is 12.8. The molecule has 1 fully saturated rings. The van der Waals surface area contributed by atoms with E-state index in [0.717, 1.165) is 31.7 Å². The fourth-order valence-electron chi connectivity index (χ4n) is 3.78. The first-order valence-corrected chi connectivity index (χ1v) is 9.36. The molecular weight excluding hydrogens is 346 g/mol. The van der Waals surface area contributed by atoms with Gasteiger partial charge in [-0.05, 0) is 57.5 Å². The molecule has 0 saturated carbocycles. The van der Waals surface area contributed by atoms with Crippen LogP contribution in [0.2, 0.25) is 0 Å². The lowest BCUT2D eigenvalue weighted by atomic mass is 10.1. The van der Waals surface area contributed by atoms with E-state index >= 15 is 0 Å². The number of likely N-dealkylation sites (tertiary alicyclic amines) is 1. The predicted octanol–water partition coefficient (Wildman–Crippen LogP) is 2.97. The molecular formula is C20H27N3O4. The van der Waals surface area contributed by atoms with Gasteiger partial charge in [-0.25, -0.2) is 4.79 Å². The first-order chi connectivity index (χ1) is 13.0. The van der Waals surface area contributed by atoms with Crippen molar-refractivity contribution in [2.75, 3.05) is 26.7 Å². The Balaban J connectivity index is 1.74.